The van der Waals surface area contributed by atoms with Crippen molar-refractivity contribution in [1.82, 2.24) is 0 Å². The maximum absolute atomic E-state index is 5.55. The van der Waals surface area contributed by atoms with Gasteiger partial charge in [-0.1, -0.05) is 42.5 Å². The van der Waals surface area contributed by atoms with E-state index in [0.29, 0.717) is 0 Å². The zero-order valence-electron chi connectivity index (χ0n) is 8.84. The molecule has 0 bridgehead atoms. The van der Waals surface area contributed by atoms with Crippen molar-refractivity contribution in [2.75, 3.05) is 0 Å². The van der Waals surface area contributed by atoms with E-state index in [2.05, 4.69) is 48.5 Å². The molecular weight excluding hydrogens is 196 g/mol. The van der Waals surface area contributed by atoms with E-state index in [-0.39, 0.29) is 6.10 Å². The number of hydrogen-bond acceptors (Lipinski definition) is 1. The Hall–Kier alpha value is -2.02. The predicted molar refractivity (Wildman–Crippen MR) is 66.1 cm³/mol. The molecule has 1 heterocycles. The van der Waals surface area contributed by atoms with Gasteiger partial charge in [0.2, 0.25) is 0 Å². The summed E-state index contributed by atoms with van der Waals surface area (Å²) in [6.45, 7) is 0. The van der Waals surface area contributed by atoms with Crippen LogP contribution in [0.3, 0.4) is 0 Å². The molecule has 3 rings (SSSR count). The Bertz CT molecular complexity index is 566. The van der Waals surface area contributed by atoms with Crippen LogP contribution in [0.25, 0.3) is 10.8 Å². The Morgan fingerprint density at radius 2 is 1.75 bits per heavy atom. The first-order valence-corrected chi connectivity index (χ1v) is 5.41. The molecule has 2 aromatic rings. The predicted octanol–water partition coefficient (Wildman–Crippen LogP) is 3.98. The van der Waals surface area contributed by atoms with E-state index < -0.39 is 0 Å². The normalized spacial score (nSPS) is 18.6. The van der Waals surface area contributed by atoms with Crippen LogP contribution < -0.4 is 0 Å². The first kappa shape index (κ1) is 9.22. The van der Waals surface area contributed by atoms with Gasteiger partial charge in [-0.2, -0.15) is 0 Å². The minimum Gasteiger partial charge on any atom is -0.489 e. The Labute approximate surface area is 94.7 Å². The summed E-state index contributed by atoms with van der Waals surface area (Å²) in [4.78, 5) is 0. The number of ether oxygens (including phenoxy) is 1. The van der Waals surface area contributed by atoms with Crippen molar-refractivity contribution in [3.05, 3.63) is 72.5 Å². The number of fused-ring (bicyclic) bond motifs is 1. The van der Waals surface area contributed by atoms with Gasteiger partial charge >= 0.3 is 0 Å². The van der Waals surface area contributed by atoms with Gasteiger partial charge in [0.05, 0.1) is 6.26 Å². The second-order valence-electron chi connectivity index (χ2n) is 3.88. The molecule has 78 valence electrons. The highest BCUT2D eigenvalue weighted by Crippen LogP contribution is 2.25. The molecule has 0 saturated carbocycles. The summed E-state index contributed by atoms with van der Waals surface area (Å²) >= 11 is 0. The Morgan fingerprint density at radius 3 is 2.56 bits per heavy atom. The first-order chi connectivity index (χ1) is 7.93. The SMILES string of the molecule is C1=COC(c2ccc3ccccc3c2)C=C1. The number of benzene rings is 2. The molecule has 16 heavy (non-hydrogen) atoms. The van der Waals surface area contributed by atoms with Gasteiger partial charge in [-0.3, -0.25) is 0 Å². The molecule has 0 spiro atoms. The Morgan fingerprint density at radius 1 is 0.875 bits per heavy atom. The minimum atomic E-state index is 0.0506. The molecule has 1 aliphatic rings. The molecule has 1 nitrogen and oxygen atoms in total. The van der Waals surface area contributed by atoms with E-state index in [1.165, 1.54) is 16.3 Å². The summed E-state index contributed by atoms with van der Waals surface area (Å²) in [5.41, 5.74) is 1.19. The molecule has 0 N–H and O–H groups in total. The van der Waals surface area contributed by atoms with Crippen molar-refractivity contribution < 1.29 is 4.74 Å². The minimum absolute atomic E-state index is 0.0506. The van der Waals surface area contributed by atoms with E-state index in [0.717, 1.165) is 0 Å². The third kappa shape index (κ3) is 1.61. The zero-order chi connectivity index (χ0) is 10.8. The highest BCUT2D eigenvalue weighted by molar-refractivity contribution is 5.83. The van der Waals surface area contributed by atoms with Crippen molar-refractivity contribution >= 4 is 10.8 Å². The quantitative estimate of drug-likeness (QED) is 0.688. The number of rotatable bonds is 1. The Kier molecular flexibility index (Phi) is 2.22. The van der Waals surface area contributed by atoms with Gasteiger partial charge in [-0.05, 0) is 34.6 Å². The molecule has 0 aromatic heterocycles. The van der Waals surface area contributed by atoms with Gasteiger partial charge in [0, 0.05) is 0 Å². The fourth-order valence-corrected chi connectivity index (χ4v) is 1.96. The highest BCUT2D eigenvalue weighted by atomic mass is 16.5. The van der Waals surface area contributed by atoms with Crippen LogP contribution in [-0.2, 0) is 4.74 Å². The van der Waals surface area contributed by atoms with Crippen LogP contribution in [0.2, 0.25) is 0 Å². The van der Waals surface area contributed by atoms with E-state index >= 15 is 0 Å². The molecule has 0 radical (unpaired) electrons. The van der Waals surface area contributed by atoms with Crippen molar-refractivity contribution in [3.8, 4) is 0 Å². The van der Waals surface area contributed by atoms with Crippen molar-refractivity contribution in [3.63, 3.8) is 0 Å². The monoisotopic (exact) mass is 208 g/mol. The topological polar surface area (TPSA) is 9.23 Å². The molecule has 1 heteroatoms. The van der Waals surface area contributed by atoms with Crippen LogP contribution in [0.5, 0.6) is 0 Å². The molecule has 1 unspecified atom stereocenters. The van der Waals surface area contributed by atoms with Crippen LogP contribution in [0.15, 0.2) is 67.0 Å². The average Bonchev–Trinajstić information content (AvgIpc) is 2.39. The molecule has 0 amide bonds. The lowest BCUT2D eigenvalue weighted by molar-refractivity contribution is 0.186. The average molecular weight is 208 g/mol. The van der Waals surface area contributed by atoms with Crippen LogP contribution in [0.4, 0.5) is 0 Å². The highest BCUT2D eigenvalue weighted by Gasteiger charge is 2.09. The lowest BCUT2D eigenvalue weighted by Crippen LogP contribution is -1.98. The summed E-state index contributed by atoms with van der Waals surface area (Å²) in [7, 11) is 0. The lowest BCUT2D eigenvalue weighted by Gasteiger charge is -2.15. The number of hydrogen-bond donors (Lipinski definition) is 0. The van der Waals surface area contributed by atoms with Gasteiger partial charge in [0.25, 0.3) is 0 Å². The fourth-order valence-electron chi connectivity index (χ4n) is 1.96. The fraction of sp³-hybridized carbons (Fsp3) is 0.0667. The van der Waals surface area contributed by atoms with E-state index in [1.807, 2.05) is 12.2 Å². The summed E-state index contributed by atoms with van der Waals surface area (Å²) < 4.78 is 5.55. The van der Waals surface area contributed by atoms with Gasteiger partial charge in [0.1, 0.15) is 6.10 Å². The molecule has 0 fully saturated rings. The molecular formula is C15H12O. The van der Waals surface area contributed by atoms with Crippen molar-refractivity contribution in [1.29, 1.82) is 0 Å². The zero-order valence-corrected chi connectivity index (χ0v) is 8.84. The molecule has 0 aliphatic carbocycles. The van der Waals surface area contributed by atoms with Gasteiger partial charge < -0.3 is 4.74 Å². The second kappa shape index (κ2) is 3.86. The van der Waals surface area contributed by atoms with E-state index in [4.69, 9.17) is 4.74 Å². The molecule has 1 atom stereocenters. The maximum atomic E-state index is 5.55. The van der Waals surface area contributed by atoms with Crippen LogP contribution in [0.1, 0.15) is 11.7 Å². The summed E-state index contributed by atoms with van der Waals surface area (Å²) in [5.74, 6) is 0. The number of allylic oxidation sites excluding steroid dienone is 2. The van der Waals surface area contributed by atoms with E-state index in [9.17, 15) is 0 Å². The Balaban J connectivity index is 2.05. The summed E-state index contributed by atoms with van der Waals surface area (Å²) in [6.07, 6.45) is 7.76. The van der Waals surface area contributed by atoms with E-state index in [1.54, 1.807) is 6.26 Å². The first-order valence-electron chi connectivity index (χ1n) is 5.41. The third-order valence-electron chi connectivity index (χ3n) is 2.80. The van der Waals surface area contributed by atoms with Crippen LogP contribution >= 0.6 is 0 Å². The molecule has 0 saturated heterocycles. The van der Waals surface area contributed by atoms with Crippen molar-refractivity contribution in [2.24, 2.45) is 0 Å². The maximum Gasteiger partial charge on any atom is 0.141 e. The third-order valence-corrected chi connectivity index (χ3v) is 2.80. The summed E-state index contributed by atoms with van der Waals surface area (Å²) in [6, 6.07) is 14.8. The van der Waals surface area contributed by atoms with Gasteiger partial charge in [0.15, 0.2) is 0 Å². The standard InChI is InChI=1S/C15H12O/c1-2-6-13-11-14(9-8-12(13)5-1)15-7-3-4-10-16-15/h1-11,15H. The molecule has 1 aliphatic heterocycles. The molecule has 2 aromatic carbocycles. The lowest BCUT2D eigenvalue weighted by atomic mass is 10.0. The van der Waals surface area contributed by atoms with Crippen LogP contribution in [-0.4, -0.2) is 0 Å². The second-order valence-corrected chi connectivity index (χ2v) is 3.88. The smallest absolute Gasteiger partial charge is 0.141 e. The van der Waals surface area contributed by atoms with Crippen LogP contribution in [0, 0.1) is 0 Å². The van der Waals surface area contributed by atoms with Crippen molar-refractivity contribution in [2.45, 2.75) is 6.10 Å². The largest absolute Gasteiger partial charge is 0.489 e. The van der Waals surface area contributed by atoms with Gasteiger partial charge in [-0.25, -0.2) is 0 Å². The van der Waals surface area contributed by atoms with Gasteiger partial charge in [-0.15, -0.1) is 0 Å². The summed E-state index contributed by atoms with van der Waals surface area (Å²) in [5, 5.41) is 2.52.